The number of nitrogens with zero attached hydrogens (tertiary/aromatic N) is 2. The van der Waals surface area contributed by atoms with Gasteiger partial charge in [0.25, 0.3) is 5.56 Å². The summed E-state index contributed by atoms with van der Waals surface area (Å²) in [5.41, 5.74) is 8.17. The second-order valence-corrected chi connectivity index (χ2v) is 12.5. The maximum atomic E-state index is 13.9. The summed E-state index contributed by atoms with van der Waals surface area (Å²) in [4.78, 5) is 69.0. The number of carbonyl (C=O) groups is 4. The number of aromatic nitrogens is 2. The van der Waals surface area contributed by atoms with Crippen molar-refractivity contribution in [3.63, 3.8) is 0 Å². The molecule has 4 aromatic rings. The summed E-state index contributed by atoms with van der Waals surface area (Å²) >= 11 is 0. The number of phenolic OH excluding ortho intramolecular Hbond substituents is 1. The van der Waals surface area contributed by atoms with Crippen molar-refractivity contribution in [1.82, 2.24) is 14.9 Å². The Morgan fingerprint density at radius 1 is 1.12 bits per heavy atom. The Morgan fingerprint density at radius 3 is 2.61 bits per heavy atom. The second kappa shape index (κ2) is 14.6. The normalized spacial score (nSPS) is 16.3. The van der Waals surface area contributed by atoms with E-state index in [2.05, 4.69) is 10.6 Å². The van der Waals surface area contributed by atoms with E-state index in [0.717, 1.165) is 22.9 Å². The topological polar surface area (TPSA) is 201 Å². The molecular weight excluding hydrogens is 658 g/mol. The number of nitrogens with one attached hydrogen (secondary N) is 2. The number of rotatable bonds is 13. The fourth-order valence-corrected chi connectivity index (χ4v) is 6.80. The number of unbranched alkanes of at least 4 members (excludes halogenated alkanes) is 1. The van der Waals surface area contributed by atoms with Crippen LogP contribution in [-0.4, -0.2) is 51.7 Å². The van der Waals surface area contributed by atoms with Crippen molar-refractivity contribution in [2.45, 2.75) is 77.4 Å². The number of aryl methyl sites for hydroxylation is 1. The number of amides is 2. The number of pyridine rings is 2. The summed E-state index contributed by atoms with van der Waals surface area (Å²) in [5.74, 6) is -1.08. The summed E-state index contributed by atoms with van der Waals surface area (Å²) in [6.45, 7) is 3.89. The number of esters is 1. The third-order valence-corrected chi connectivity index (χ3v) is 9.48. The van der Waals surface area contributed by atoms with E-state index < -0.39 is 23.8 Å². The molecule has 0 bridgehead atoms. The Balaban J connectivity index is 1.21. The molecule has 51 heavy (non-hydrogen) atoms. The summed E-state index contributed by atoms with van der Waals surface area (Å²) in [6, 6.07) is 12.4. The molecule has 0 saturated carbocycles. The van der Waals surface area contributed by atoms with Gasteiger partial charge in [0.05, 0.1) is 29.0 Å². The van der Waals surface area contributed by atoms with Crippen LogP contribution in [0.4, 0.5) is 10.5 Å². The fourth-order valence-electron chi connectivity index (χ4n) is 6.80. The van der Waals surface area contributed by atoms with Gasteiger partial charge in [0.1, 0.15) is 25.0 Å². The van der Waals surface area contributed by atoms with Crippen molar-refractivity contribution in [2.24, 2.45) is 5.73 Å². The predicted molar refractivity (Wildman–Crippen MR) is 186 cm³/mol. The van der Waals surface area contributed by atoms with Crippen LogP contribution in [0.5, 0.6) is 5.75 Å². The lowest BCUT2D eigenvalue weighted by molar-refractivity contribution is -0.175. The number of fused-ring (bicyclic) bond motifs is 5. The first-order valence-corrected chi connectivity index (χ1v) is 16.9. The molecule has 0 saturated heterocycles. The highest BCUT2D eigenvalue weighted by Crippen LogP contribution is 2.42. The summed E-state index contributed by atoms with van der Waals surface area (Å²) in [6.07, 6.45) is 1.79. The first-order valence-electron chi connectivity index (χ1n) is 16.9. The van der Waals surface area contributed by atoms with Gasteiger partial charge in [-0.25, -0.2) is 14.6 Å². The number of phenols is 1. The standard InChI is InChI=1S/C37H39N5O9/c1-3-24-25-15-23(44)12-13-29(25)41-32-26(24)17-42-31(32)16-28-27(34(42)46)19-49-35(47)37(28,4-2)51-36(48)50-18-21-8-10-22(11-9-21)40-33(45)30(39-20-43)7-5-6-14-38/h8-13,15-16,20,30,44H,3-7,14,17-19,38H2,1-2H3,(H,39,43)(H,40,45). The van der Waals surface area contributed by atoms with E-state index in [1.54, 1.807) is 60.0 Å². The average molecular weight is 698 g/mol. The van der Waals surface area contributed by atoms with Crippen LogP contribution in [0.1, 0.15) is 67.3 Å². The van der Waals surface area contributed by atoms with Crippen LogP contribution in [0.2, 0.25) is 0 Å². The molecule has 2 aromatic heterocycles. The fraction of sp³-hybridized carbons (Fsp3) is 0.351. The van der Waals surface area contributed by atoms with Crippen molar-refractivity contribution >= 4 is 41.0 Å². The molecule has 2 aliphatic rings. The number of carbonyl (C=O) groups excluding carboxylic acids is 4. The van der Waals surface area contributed by atoms with Gasteiger partial charge in [-0.1, -0.05) is 26.0 Å². The molecule has 0 fully saturated rings. The van der Waals surface area contributed by atoms with Crippen molar-refractivity contribution in [2.75, 3.05) is 11.9 Å². The third kappa shape index (κ3) is 6.61. The number of benzene rings is 2. The summed E-state index contributed by atoms with van der Waals surface area (Å²) in [7, 11) is 0. The highest BCUT2D eigenvalue weighted by Gasteiger charge is 2.51. The molecule has 2 aromatic carbocycles. The molecule has 14 nitrogen and oxygen atoms in total. The van der Waals surface area contributed by atoms with Crippen molar-refractivity contribution in [3.05, 3.63) is 86.7 Å². The molecule has 4 heterocycles. The third-order valence-electron chi connectivity index (χ3n) is 9.48. The van der Waals surface area contributed by atoms with Crippen LogP contribution in [0.15, 0.2) is 53.3 Å². The molecular formula is C37H39N5O9. The largest absolute Gasteiger partial charge is 0.510 e. The Labute approximate surface area is 292 Å². The number of hydrogen-bond donors (Lipinski definition) is 4. The zero-order valence-corrected chi connectivity index (χ0v) is 28.3. The van der Waals surface area contributed by atoms with Crippen molar-refractivity contribution < 1.29 is 38.5 Å². The SMILES string of the molecule is CCc1c2c(nc3ccc(O)cc13)-c1cc3c(c(=O)n1C2)COC(=O)C3(CC)OC(=O)OCc1ccc(NC(=O)C(CCCCN)NC=O)cc1. The number of aromatic hydroxyl groups is 1. The minimum atomic E-state index is -1.94. The van der Waals surface area contributed by atoms with Gasteiger partial charge in [-0.3, -0.25) is 14.4 Å². The number of ether oxygens (including phenoxy) is 3. The average Bonchev–Trinajstić information content (AvgIpc) is 3.49. The molecule has 14 heteroatoms. The minimum absolute atomic E-state index is 0.0328. The monoisotopic (exact) mass is 697 g/mol. The van der Waals surface area contributed by atoms with Crippen LogP contribution >= 0.6 is 0 Å². The maximum Gasteiger partial charge on any atom is 0.510 e. The Kier molecular flexibility index (Phi) is 10.1. The lowest BCUT2D eigenvalue weighted by Gasteiger charge is -2.35. The van der Waals surface area contributed by atoms with E-state index in [4.69, 9.17) is 24.9 Å². The quantitative estimate of drug-likeness (QED) is 0.0790. The maximum absolute atomic E-state index is 13.9. The number of nitrogens with two attached hydrogens (primary N) is 1. The van der Waals surface area contributed by atoms with Crippen LogP contribution in [0.3, 0.4) is 0 Å². The van der Waals surface area contributed by atoms with Crippen molar-refractivity contribution in [3.8, 4) is 17.1 Å². The van der Waals surface area contributed by atoms with Crippen LogP contribution in [-0.2, 0) is 60.4 Å². The number of hydrogen-bond acceptors (Lipinski definition) is 11. The van der Waals surface area contributed by atoms with Gasteiger partial charge in [0.15, 0.2) is 0 Å². The van der Waals surface area contributed by atoms with Gasteiger partial charge in [0.2, 0.25) is 17.9 Å². The Hall–Kier alpha value is -5.76. The zero-order chi connectivity index (χ0) is 36.3. The second-order valence-electron chi connectivity index (χ2n) is 12.5. The molecule has 0 spiro atoms. The van der Waals surface area contributed by atoms with E-state index in [1.165, 1.54) is 0 Å². The van der Waals surface area contributed by atoms with Gasteiger partial charge < -0.3 is 40.3 Å². The van der Waals surface area contributed by atoms with Crippen LogP contribution < -0.4 is 21.9 Å². The Bertz CT molecular complexity index is 2080. The van der Waals surface area contributed by atoms with Crippen molar-refractivity contribution in [1.29, 1.82) is 0 Å². The van der Waals surface area contributed by atoms with Gasteiger partial charge >= 0.3 is 12.1 Å². The van der Waals surface area contributed by atoms with Gasteiger partial charge in [-0.15, -0.1) is 0 Å². The molecule has 266 valence electrons. The molecule has 2 atom stereocenters. The van der Waals surface area contributed by atoms with Gasteiger partial charge in [0, 0.05) is 22.2 Å². The van der Waals surface area contributed by atoms with Crippen LogP contribution in [0.25, 0.3) is 22.3 Å². The molecule has 6 rings (SSSR count). The number of cyclic esters (lactones) is 1. The predicted octanol–water partition coefficient (Wildman–Crippen LogP) is 3.89. The highest BCUT2D eigenvalue weighted by atomic mass is 16.7. The van der Waals surface area contributed by atoms with Gasteiger partial charge in [-0.05, 0) is 86.2 Å². The summed E-state index contributed by atoms with van der Waals surface area (Å²) in [5, 5.41) is 16.2. The molecule has 5 N–H and O–H groups in total. The lowest BCUT2D eigenvalue weighted by atomic mass is 9.85. The van der Waals surface area contributed by atoms with Crippen LogP contribution in [0, 0.1) is 0 Å². The number of anilines is 1. The smallest absolute Gasteiger partial charge is 0.508 e. The summed E-state index contributed by atoms with van der Waals surface area (Å²) < 4.78 is 18.2. The highest BCUT2D eigenvalue weighted by molar-refractivity contribution is 5.96. The van der Waals surface area contributed by atoms with E-state index >= 15 is 0 Å². The molecule has 2 amide bonds. The van der Waals surface area contributed by atoms with E-state index in [0.29, 0.717) is 60.4 Å². The Morgan fingerprint density at radius 2 is 1.90 bits per heavy atom. The van der Waals surface area contributed by atoms with E-state index in [-0.39, 0.29) is 54.5 Å². The zero-order valence-electron chi connectivity index (χ0n) is 28.3. The van der Waals surface area contributed by atoms with Gasteiger partial charge in [-0.2, -0.15) is 0 Å². The lowest BCUT2D eigenvalue weighted by Crippen LogP contribution is -2.47. The molecule has 0 aliphatic carbocycles. The van der Waals surface area contributed by atoms with E-state index in [1.807, 2.05) is 6.92 Å². The molecule has 2 unspecified atom stereocenters. The van der Waals surface area contributed by atoms with E-state index in [9.17, 15) is 29.1 Å². The first-order chi connectivity index (χ1) is 24.6. The minimum Gasteiger partial charge on any atom is -0.508 e. The molecule has 2 aliphatic heterocycles. The first kappa shape index (κ1) is 35.1. The molecule has 0 radical (unpaired) electrons.